The smallest absolute Gasteiger partial charge is 0.411 e. The number of phenols is 1. The van der Waals surface area contributed by atoms with Crippen LogP contribution in [0.15, 0.2) is 48.7 Å². The van der Waals surface area contributed by atoms with E-state index in [0.29, 0.717) is 39.7 Å². The molecule has 2 aromatic carbocycles. The van der Waals surface area contributed by atoms with Crippen molar-refractivity contribution < 1.29 is 24.2 Å². The van der Waals surface area contributed by atoms with Gasteiger partial charge >= 0.3 is 6.09 Å². The molecule has 0 aliphatic carbocycles. The zero-order chi connectivity index (χ0) is 26.6. The molecule has 37 heavy (non-hydrogen) atoms. The number of H-pyrrole nitrogens is 1. The zero-order valence-corrected chi connectivity index (χ0v) is 21.4. The normalized spacial score (nSPS) is 15.5. The highest BCUT2D eigenvalue weighted by Gasteiger charge is 2.35. The van der Waals surface area contributed by atoms with Crippen LogP contribution in [0, 0.1) is 11.8 Å². The predicted molar refractivity (Wildman–Crippen MR) is 139 cm³/mol. The number of halogens is 1. The number of anilines is 1. The average Bonchev–Trinajstić information content (AvgIpc) is 3.32. The Balaban J connectivity index is 1.44. The van der Waals surface area contributed by atoms with E-state index in [1.54, 1.807) is 63.4 Å². The fraction of sp³-hybridized carbons (Fsp3) is 0.296. The van der Waals surface area contributed by atoms with Gasteiger partial charge in [-0.3, -0.25) is 14.8 Å². The Morgan fingerprint density at radius 2 is 1.97 bits per heavy atom. The summed E-state index contributed by atoms with van der Waals surface area (Å²) in [6, 6.07) is 10.9. The number of phenolic OH excluding ortho intramolecular Hbond substituents is 1. The lowest BCUT2D eigenvalue weighted by atomic mass is 10.1. The Labute approximate surface area is 219 Å². The van der Waals surface area contributed by atoms with Gasteiger partial charge in [-0.1, -0.05) is 23.4 Å². The molecule has 192 valence electrons. The third-order valence-corrected chi connectivity index (χ3v) is 5.64. The van der Waals surface area contributed by atoms with Crippen molar-refractivity contribution in [3.8, 4) is 28.8 Å². The molecule has 1 aliphatic rings. The standard InChI is InChI=1S/C27H27ClN4O5/c1-27(2,3)37-26(35)32-12-13-36-16-22(32)25(34)30-20-9-5-17(6-10-20)4-7-18-15-29-31-24(18)21-14-19(28)8-11-23(21)33/h5-6,8-11,14-15,22,33H,12-13,16H2,1-3H3,(H,29,31)(H,30,34). The van der Waals surface area contributed by atoms with Gasteiger partial charge in [0.2, 0.25) is 5.91 Å². The average molecular weight is 523 g/mol. The number of carbonyl (C=O) groups excluding carboxylic acids is 2. The molecular formula is C27H27ClN4O5. The summed E-state index contributed by atoms with van der Waals surface area (Å²) in [6.07, 6.45) is 1.09. The molecule has 2 heterocycles. The number of rotatable bonds is 3. The fourth-order valence-electron chi connectivity index (χ4n) is 3.65. The van der Waals surface area contributed by atoms with Gasteiger partial charge in [-0.2, -0.15) is 5.10 Å². The quantitative estimate of drug-likeness (QED) is 0.439. The fourth-order valence-corrected chi connectivity index (χ4v) is 3.82. The van der Waals surface area contributed by atoms with Crippen LogP contribution in [0.1, 0.15) is 31.9 Å². The molecular weight excluding hydrogens is 496 g/mol. The maximum absolute atomic E-state index is 12.9. The van der Waals surface area contributed by atoms with Gasteiger partial charge in [-0.05, 0) is 63.2 Å². The molecule has 0 spiro atoms. The van der Waals surface area contributed by atoms with Crippen LogP contribution in [0.5, 0.6) is 5.75 Å². The van der Waals surface area contributed by atoms with Gasteiger partial charge in [0.25, 0.3) is 0 Å². The number of amides is 2. The van der Waals surface area contributed by atoms with Crippen LogP contribution in [-0.4, -0.2) is 63.6 Å². The van der Waals surface area contributed by atoms with Gasteiger partial charge in [0.15, 0.2) is 0 Å². The molecule has 9 nitrogen and oxygen atoms in total. The molecule has 2 amide bonds. The van der Waals surface area contributed by atoms with Gasteiger partial charge in [-0.25, -0.2) is 4.79 Å². The Kier molecular flexibility index (Phi) is 7.71. The summed E-state index contributed by atoms with van der Waals surface area (Å²) in [5.41, 5.74) is 2.15. The van der Waals surface area contributed by atoms with Crippen LogP contribution < -0.4 is 5.32 Å². The minimum atomic E-state index is -0.800. The highest BCUT2D eigenvalue weighted by Crippen LogP contribution is 2.32. The van der Waals surface area contributed by atoms with E-state index >= 15 is 0 Å². The van der Waals surface area contributed by atoms with Crippen LogP contribution >= 0.6 is 11.6 Å². The summed E-state index contributed by atoms with van der Waals surface area (Å²) in [6.45, 7) is 6.03. The lowest BCUT2D eigenvalue weighted by Gasteiger charge is -2.35. The summed E-state index contributed by atoms with van der Waals surface area (Å²) < 4.78 is 10.9. The van der Waals surface area contributed by atoms with Crippen molar-refractivity contribution in [2.24, 2.45) is 0 Å². The minimum Gasteiger partial charge on any atom is -0.507 e. The number of carbonyl (C=O) groups is 2. The summed E-state index contributed by atoms with van der Waals surface area (Å²) in [5, 5.41) is 20.4. The molecule has 1 fully saturated rings. The van der Waals surface area contributed by atoms with E-state index in [0.717, 1.165) is 0 Å². The van der Waals surface area contributed by atoms with Crippen molar-refractivity contribution in [1.29, 1.82) is 0 Å². The molecule has 0 saturated carbocycles. The number of benzene rings is 2. The third kappa shape index (κ3) is 6.61. The molecule has 3 N–H and O–H groups in total. The van der Waals surface area contributed by atoms with Gasteiger partial charge in [0.05, 0.1) is 18.8 Å². The molecule has 1 aromatic heterocycles. The highest BCUT2D eigenvalue weighted by atomic mass is 35.5. The number of hydrogen-bond donors (Lipinski definition) is 3. The molecule has 0 bridgehead atoms. The van der Waals surface area contributed by atoms with Crippen molar-refractivity contribution in [2.45, 2.75) is 32.4 Å². The Morgan fingerprint density at radius 3 is 2.70 bits per heavy atom. The van der Waals surface area contributed by atoms with Crippen LogP contribution in [0.25, 0.3) is 11.3 Å². The van der Waals surface area contributed by atoms with Crippen LogP contribution in [0.3, 0.4) is 0 Å². The number of aromatic nitrogens is 2. The lowest BCUT2D eigenvalue weighted by Crippen LogP contribution is -2.55. The molecule has 1 saturated heterocycles. The number of aromatic amines is 1. The first-order chi connectivity index (χ1) is 17.6. The SMILES string of the molecule is CC(C)(C)OC(=O)N1CCOCC1C(=O)Nc1ccc(C#Cc2c[nH]nc2-c2cc(Cl)ccc2O)cc1. The maximum Gasteiger partial charge on any atom is 0.411 e. The van der Waals surface area contributed by atoms with E-state index in [-0.39, 0.29) is 24.8 Å². The Bertz CT molecular complexity index is 1350. The second kappa shape index (κ2) is 10.9. The van der Waals surface area contributed by atoms with Crippen LogP contribution in [0.4, 0.5) is 10.5 Å². The van der Waals surface area contributed by atoms with Crippen molar-refractivity contribution in [3.63, 3.8) is 0 Å². The summed E-state index contributed by atoms with van der Waals surface area (Å²) in [7, 11) is 0. The second-order valence-corrected chi connectivity index (χ2v) is 9.83. The largest absolute Gasteiger partial charge is 0.507 e. The third-order valence-electron chi connectivity index (χ3n) is 5.41. The van der Waals surface area contributed by atoms with Crippen molar-refractivity contribution in [2.75, 3.05) is 25.1 Å². The van der Waals surface area contributed by atoms with Crippen molar-refractivity contribution >= 4 is 29.3 Å². The first-order valence-electron chi connectivity index (χ1n) is 11.6. The number of nitrogens with one attached hydrogen (secondary N) is 2. The van der Waals surface area contributed by atoms with E-state index in [1.165, 1.54) is 11.0 Å². The number of nitrogens with zero attached hydrogens (tertiary/aromatic N) is 2. The van der Waals surface area contributed by atoms with Gasteiger partial charge in [-0.15, -0.1) is 0 Å². The summed E-state index contributed by atoms with van der Waals surface area (Å²) in [5.74, 6) is 5.78. The first-order valence-corrected chi connectivity index (χ1v) is 12.0. The van der Waals surface area contributed by atoms with E-state index in [4.69, 9.17) is 21.1 Å². The molecule has 4 rings (SSSR count). The molecule has 10 heteroatoms. The van der Waals surface area contributed by atoms with Gasteiger partial charge in [0, 0.05) is 34.6 Å². The van der Waals surface area contributed by atoms with E-state index < -0.39 is 17.7 Å². The van der Waals surface area contributed by atoms with Gasteiger partial charge in [0.1, 0.15) is 23.1 Å². The zero-order valence-electron chi connectivity index (χ0n) is 20.7. The molecule has 3 aromatic rings. The van der Waals surface area contributed by atoms with Crippen molar-refractivity contribution in [1.82, 2.24) is 15.1 Å². The lowest BCUT2D eigenvalue weighted by molar-refractivity contribution is -0.127. The predicted octanol–water partition coefficient (Wildman–Crippen LogP) is 4.41. The van der Waals surface area contributed by atoms with Crippen LogP contribution in [-0.2, 0) is 14.3 Å². The number of ether oxygens (including phenoxy) is 2. The monoisotopic (exact) mass is 522 g/mol. The highest BCUT2D eigenvalue weighted by molar-refractivity contribution is 6.31. The Morgan fingerprint density at radius 1 is 1.22 bits per heavy atom. The maximum atomic E-state index is 12.9. The van der Waals surface area contributed by atoms with E-state index in [1.807, 2.05) is 0 Å². The second-order valence-electron chi connectivity index (χ2n) is 9.39. The van der Waals surface area contributed by atoms with Crippen molar-refractivity contribution in [3.05, 3.63) is 64.8 Å². The minimum absolute atomic E-state index is 0.0493. The van der Waals surface area contributed by atoms with E-state index in [2.05, 4.69) is 27.4 Å². The Hall–Kier alpha value is -4.00. The molecule has 0 radical (unpaired) electrons. The number of aromatic hydroxyl groups is 1. The summed E-state index contributed by atoms with van der Waals surface area (Å²) in [4.78, 5) is 26.9. The molecule has 1 unspecified atom stereocenters. The number of morpholine rings is 1. The molecule has 1 atom stereocenters. The topological polar surface area (TPSA) is 117 Å². The number of hydrogen-bond acceptors (Lipinski definition) is 6. The first kappa shape index (κ1) is 26.1. The van der Waals surface area contributed by atoms with Gasteiger partial charge < -0.3 is 19.9 Å². The molecule has 1 aliphatic heterocycles. The summed E-state index contributed by atoms with van der Waals surface area (Å²) >= 11 is 6.06. The van der Waals surface area contributed by atoms with Crippen LogP contribution in [0.2, 0.25) is 5.02 Å². The van der Waals surface area contributed by atoms with E-state index in [9.17, 15) is 14.7 Å².